The molecule has 2 aliphatic heterocycles. The first-order valence-corrected chi connectivity index (χ1v) is 8.96. The van der Waals surface area contributed by atoms with Crippen molar-refractivity contribution in [2.24, 2.45) is 0 Å². The molecule has 4 heterocycles. The number of nitrogens with zero attached hydrogens (tertiary/aromatic N) is 4. The fourth-order valence-corrected chi connectivity index (χ4v) is 3.84. The van der Waals surface area contributed by atoms with Crippen molar-refractivity contribution in [1.82, 2.24) is 25.1 Å². The van der Waals surface area contributed by atoms with E-state index in [1.54, 1.807) is 0 Å². The molecule has 0 aromatic carbocycles. The minimum atomic E-state index is -0.204. The maximum absolute atomic E-state index is 12.1. The van der Waals surface area contributed by atoms with Gasteiger partial charge in [-0.05, 0) is 51.1 Å². The van der Waals surface area contributed by atoms with E-state index in [1.807, 2.05) is 18.5 Å². The number of amides is 1. The van der Waals surface area contributed by atoms with Crippen molar-refractivity contribution in [1.29, 1.82) is 0 Å². The molecular formula is C17H20ClN5O2. The molecule has 25 heavy (non-hydrogen) atoms. The van der Waals surface area contributed by atoms with Crippen LogP contribution in [0.15, 0.2) is 0 Å². The molecule has 0 radical (unpaired) electrons. The molecule has 1 saturated heterocycles. The van der Waals surface area contributed by atoms with E-state index in [0.717, 1.165) is 48.4 Å². The van der Waals surface area contributed by atoms with Crippen molar-refractivity contribution in [3.63, 3.8) is 0 Å². The van der Waals surface area contributed by atoms with E-state index in [2.05, 4.69) is 15.3 Å². The van der Waals surface area contributed by atoms with Gasteiger partial charge in [0.2, 0.25) is 5.28 Å². The lowest BCUT2D eigenvalue weighted by Gasteiger charge is -2.24. The zero-order valence-corrected chi connectivity index (χ0v) is 15.1. The molecule has 1 unspecified atom stereocenters. The summed E-state index contributed by atoms with van der Waals surface area (Å²) < 4.78 is 7.82. The van der Waals surface area contributed by atoms with Crippen LogP contribution in [0.25, 0.3) is 11.3 Å². The summed E-state index contributed by atoms with van der Waals surface area (Å²) in [6.07, 6.45) is 3.81. The molecule has 0 saturated carbocycles. The van der Waals surface area contributed by atoms with E-state index in [1.165, 1.54) is 0 Å². The molecule has 4 rings (SSSR count). The lowest BCUT2D eigenvalue weighted by Crippen LogP contribution is -2.33. The average Bonchev–Trinajstić information content (AvgIpc) is 2.90. The predicted octanol–water partition coefficient (Wildman–Crippen LogP) is 2.60. The Morgan fingerprint density at radius 1 is 1.24 bits per heavy atom. The summed E-state index contributed by atoms with van der Waals surface area (Å²) in [5.41, 5.74) is 4.67. The molecule has 7 nitrogen and oxygen atoms in total. The molecule has 1 amide bonds. The molecule has 1 atom stereocenters. The van der Waals surface area contributed by atoms with Crippen molar-refractivity contribution < 1.29 is 9.53 Å². The smallest absolute Gasteiger partial charge is 0.270 e. The molecule has 1 fully saturated rings. The molecule has 132 valence electrons. The van der Waals surface area contributed by atoms with Crippen LogP contribution in [0.3, 0.4) is 0 Å². The first-order chi connectivity index (χ1) is 12.1. The van der Waals surface area contributed by atoms with Crippen molar-refractivity contribution in [3.05, 3.63) is 27.9 Å². The number of halogens is 1. The first-order valence-electron chi connectivity index (χ1n) is 8.58. The standard InChI is InChI=1S/C17H20ClN5O2/c1-9-13(10(2)23(22-9)12-5-3-4-8-25-12)14-11-6-7-19-16(24)15(11)21-17(18)20-14/h12H,3-8H2,1-2H3,(H,19,24). The second-order valence-corrected chi connectivity index (χ2v) is 6.82. The maximum atomic E-state index is 12.1. The second kappa shape index (κ2) is 6.38. The molecule has 0 aliphatic carbocycles. The monoisotopic (exact) mass is 361 g/mol. The highest BCUT2D eigenvalue weighted by Crippen LogP contribution is 2.34. The number of nitrogens with one attached hydrogen (secondary N) is 1. The normalized spacial score (nSPS) is 20.3. The number of aryl methyl sites for hydroxylation is 1. The van der Waals surface area contributed by atoms with E-state index < -0.39 is 0 Å². The molecular weight excluding hydrogens is 342 g/mol. The summed E-state index contributed by atoms with van der Waals surface area (Å²) in [6, 6.07) is 0. The summed E-state index contributed by atoms with van der Waals surface area (Å²) in [6.45, 7) is 5.29. The summed E-state index contributed by atoms with van der Waals surface area (Å²) in [4.78, 5) is 20.7. The fourth-order valence-electron chi connectivity index (χ4n) is 3.68. The number of hydrogen-bond acceptors (Lipinski definition) is 5. The molecule has 2 aromatic heterocycles. The van der Waals surface area contributed by atoms with Gasteiger partial charge in [0.15, 0.2) is 0 Å². The van der Waals surface area contributed by atoms with Gasteiger partial charge < -0.3 is 10.1 Å². The largest absolute Gasteiger partial charge is 0.357 e. The Morgan fingerprint density at radius 2 is 2.04 bits per heavy atom. The predicted molar refractivity (Wildman–Crippen MR) is 92.6 cm³/mol. The fraction of sp³-hybridized carbons (Fsp3) is 0.529. The Bertz CT molecular complexity index is 842. The number of rotatable bonds is 2. The summed E-state index contributed by atoms with van der Waals surface area (Å²) >= 11 is 6.10. The Labute approximate surface area is 150 Å². The van der Waals surface area contributed by atoms with Gasteiger partial charge in [-0.3, -0.25) is 4.79 Å². The molecule has 2 aliphatic rings. The van der Waals surface area contributed by atoms with Crippen LogP contribution < -0.4 is 5.32 Å². The minimum absolute atomic E-state index is 0.0439. The summed E-state index contributed by atoms with van der Waals surface area (Å²) in [5, 5.41) is 7.57. The van der Waals surface area contributed by atoms with Crippen LogP contribution in [0, 0.1) is 13.8 Å². The van der Waals surface area contributed by atoms with Crippen LogP contribution in [0.4, 0.5) is 0 Å². The zero-order valence-electron chi connectivity index (χ0n) is 14.3. The van der Waals surface area contributed by atoms with Crippen molar-refractivity contribution >= 4 is 17.5 Å². The van der Waals surface area contributed by atoms with Crippen molar-refractivity contribution in [2.75, 3.05) is 13.2 Å². The van der Waals surface area contributed by atoms with Crippen LogP contribution >= 0.6 is 11.6 Å². The van der Waals surface area contributed by atoms with Crippen LogP contribution in [-0.4, -0.2) is 38.8 Å². The first kappa shape index (κ1) is 16.5. The molecule has 8 heteroatoms. The lowest BCUT2D eigenvalue weighted by molar-refractivity contribution is -0.0407. The zero-order chi connectivity index (χ0) is 17.6. The van der Waals surface area contributed by atoms with E-state index in [-0.39, 0.29) is 17.4 Å². The van der Waals surface area contributed by atoms with Gasteiger partial charge in [0.05, 0.1) is 11.4 Å². The van der Waals surface area contributed by atoms with E-state index in [0.29, 0.717) is 24.4 Å². The molecule has 0 bridgehead atoms. The Kier molecular flexibility index (Phi) is 4.21. The number of aromatic nitrogens is 4. The van der Waals surface area contributed by atoms with Crippen LogP contribution in [-0.2, 0) is 11.2 Å². The molecule has 0 spiro atoms. The number of hydrogen-bond donors (Lipinski definition) is 1. The molecule has 2 aromatic rings. The Balaban J connectivity index is 1.85. The maximum Gasteiger partial charge on any atom is 0.270 e. The van der Waals surface area contributed by atoms with Gasteiger partial charge in [0.25, 0.3) is 5.91 Å². The Morgan fingerprint density at radius 3 is 2.80 bits per heavy atom. The number of ether oxygens (including phenoxy) is 1. The second-order valence-electron chi connectivity index (χ2n) is 6.49. The van der Waals surface area contributed by atoms with Gasteiger partial charge >= 0.3 is 0 Å². The average molecular weight is 362 g/mol. The van der Waals surface area contributed by atoms with Crippen LogP contribution in [0.5, 0.6) is 0 Å². The highest BCUT2D eigenvalue weighted by molar-refractivity contribution is 6.28. The summed E-state index contributed by atoms with van der Waals surface area (Å²) in [5.74, 6) is -0.204. The van der Waals surface area contributed by atoms with E-state index in [4.69, 9.17) is 21.4 Å². The third-order valence-corrected chi connectivity index (χ3v) is 5.01. The van der Waals surface area contributed by atoms with Gasteiger partial charge in [-0.15, -0.1) is 0 Å². The lowest BCUT2D eigenvalue weighted by atomic mass is 9.98. The van der Waals surface area contributed by atoms with Gasteiger partial charge in [0.1, 0.15) is 11.9 Å². The van der Waals surface area contributed by atoms with Gasteiger partial charge in [0, 0.05) is 30.0 Å². The third-order valence-electron chi connectivity index (χ3n) is 4.85. The summed E-state index contributed by atoms with van der Waals surface area (Å²) in [7, 11) is 0. The van der Waals surface area contributed by atoms with E-state index >= 15 is 0 Å². The SMILES string of the molecule is Cc1nn(C2CCCCO2)c(C)c1-c1nc(Cl)nc2c1CCNC2=O. The van der Waals surface area contributed by atoms with Crippen LogP contribution in [0.1, 0.15) is 52.9 Å². The van der Waals surface area contributed by atoms with Gasteiger partial charge in [-0.25, -0.2) is 14.6 Å². The topological polar surface area (TPSA) is 81.9 Å². The minimum Gasteiger partial charge on any atom is -0.357 e. The van der Waals surface area contributed by atoms with Crippen molar-refractivity contribution in [3.8, 4) is 11.3 Å². The van der Waals surface area contributed by atoms with Crippen molar-refractivity contribution in [2.45, 2.75) is 45.8 Å². The highest BCUT2D eigenvalue weighted by Gasteiger charge is 2.28. The highest BCUT2D eigenvalue weighted by atomic mass is 35.5. The third kappa shape index (κ3) is 2.81. The number of carbonyl (C=O) groups is 1. The Hall–Kier alpha value is -1.99. The quantitative estimate of drug-likeness (QED) is 0.831. The molecule has 1 N–H and O–H groups in total. The number of fused-ring (bicyclic) bond motifs is 1. The van der Waals surface area contributed by atoms with Crippen LogP contribution in [0.2, 0.25) is 5.28 Å². The van der Waals surface area contributed by atoms with E-state index in [9.17, 15) is 4.79 Å². The van der Waals surface area contributed by atoms with Gasteiger partial charge in [-0.1, -0.05) is 0 Å². The van der Waals surface area contributed by atoms with Gasteiger partial charge in [-0.2, -0.15) is 5.10 Å². The number of carbonyl (C=O) groups excluding carboxylic acids is 1.